The second kappa shape index (κ2) is 13.2. The highest BCUT2D eigenvalue weighted by molar-refractivity contribution is 7.25. The maximum absolute atomic E-state index is 2.44. The number of hydrogen-bond donors (Lipinski definition) is 0. The molecule has 1 aliphatic rings. The molecule has 0 unspecified atom stereocenters. The van der Waals surface area contributed by atoms with E-state index in [2.05, 4.69) is 219 Å². The molecule has 1 aromatic heterocycles. The van der Waals surface area contributed by atoms with Gasteiger partial charge < -0.3 is 4.90 Å². The first-order valence-electron chi connectivity index (χ1n) is 19.8. The Morgan fingerprint density at radius 1 is 0.368 bits per heavy atom. The second-order valence-electron chi connectivity index (χ2n) is 15.7. The van der Waals surface area contributed by atoms with Crippen molar-refractivity contribution in [3.8, 4) is 44.5 Å². The fourth-order valence-corrected chi connectivity index (χ4v) is 10.3. The van der Waals surface area contributed by atoms with E-state index in [0.29, 0.717) is 0 Å². The Morgan fingerprint density at radius 3 is 1.86 bits per heavy atom. The summed E-state index contributed by atoms with van der Waals surface area (Å²) in [5.41, 5.74) is 16.1. The van der Waals surface area contributed by atoms with Crippen molar-refractivity contribution in [2.24, 2.45) is 0 Å². The Hall–Kier alpha value is -6.74. The Kier molecular flexibility index (Phi) is 7.77. The van der Waals surface area contributed by atoms with Crippen LogP contribution in [0.5, 0.6) is 0 Å². The number of anilines is 3. The van der Waals surface area contributed by atoms with E-state index in [-0.39, 0.29) is 5.41 Å². The van der Waals surface area contributed by atoms with Gasteiger partial charge in [-0.25, -0.2) is 0 Å². The molecule has 0 bridgehead atoms. The quantitative estimate of drug-likeness (QED) is 0.164. The molecule has 0 saturated heterocycles. The van der Waals surface area contributed by atoms with E-state index in [9.17, 15) is 0 Å². The van der Waals surface area contributed by atoms with Gasteiger partial charge in [0.2, 0.25) is 0 Å². The number of hydrogen-bond acceptors (Lipinski definition) is 2. The Morgan fingerprint density at radius 2 is 0.982 bits per heavy atom. The van der Waals surface area contributed by atoms with E-state index in [1.807, 2.05) is 11.3 Å². The van der Waals surface area contributed by atoms with Crippen LogP contribution in [0.3, 0.4) is 0 Å². The van der Waals surface area contributed by atoms with Crippen molar-refractivity contribution in [3.05, 3.63) is 211 Å². The number of para-hydroxylation sites is 1. The predicted molar refractivity (Wildman–Crippen MR) is 245 cm³/mol. The predicted octanol–water partition coefficient (Wildman–Crippen LogP) is 16.0. The fraction of sp³-hybridized carbons (Fsp3) is 0.0545. The van der Waals surface area contributed by atoms with Crippen LogP contribution in [0.25, 0.3) is 75.5 Å². The van der Waals surface area contributed by atoms with Crippen molar-refractivity contribution in [2.45, 2.75) is 19.3 Å². The molecule has 2 heteroatoms. The molecule has 0 saturated carbocycles. The van der Waals surface area contributed by atoms with Gasteiger partial charge in [-0.3, -0.25) is 0 Å². The molecule has 9 aromatic carbocycles. The van der Waals surface area contributed by atoms with Crippen molar-refractivity contribution in [1.82, 2.24) is 0 Å². The lowest BCUT2D eigenvalue weighted by atomic mass is 9.81. The van der Waals surface area contributed by atoms with Gasteiger partial charge in [-0.05, 0) is 115 Å². The van der Waals surface area contributed by atoms with Crippen LogP contribution < -0.4 is 4.90 Å². The summed E-state index contributed by atoms with van der Waals surface area (Å²) in [5.74, 6) is 0. The molecular formula is C55H39NS. The van der Waals surface area contributed by atoms with Crippen LogP contribution in [0.15, 0.2) is 200 Å². The molecular weight excluding hydrogens is 707 g/mol. The summed E-state index contributed by atoms with van der Waals surface area (Å²) in [5, 5.41) is 5.10. The highest BCUT2D eigenvalue weighted by Gasteiger charge is 2.35. The van der Waals surface area contributed by atoms with Crippen LogP contribution in [0.1, 0.15) is 25.0 Å². The summed E-state index contributed by atoms with van der Waals surface area (Å²) in [7, 11) is 0. The van der Waals surface area contributed by atoms with Crippen LogP contribution in [-0.2, 0) is 5.41 Å². The van der Waals surface area contributed by atoms with E-state index in [1.54, 1.807) is 0 Å². The summed E-state index contributed by atoms with van der Waals surface area (Å²) >= 11 is 1.86. The number of rotatable bonds is 6. The van der Waals surface area contributed by atoms with Crippen molar-refractivity contribution in [1.29, 1.82) is 0 Å². The smallest absolute Gasteiger partial charge is 0.0540 e. The molecule has 0 aliphatic heterocycles. The zero-order valence-electron chi connectivity index (χ0n) is 31.9. The van der Waals surface area contributed by atoms with E-state index >= 15 is 0 Å². The molecule has 0 fully saturated rings. The zero-order chi connectivity index (χ0) is 38.1. The maximum atomic E-state index is 2.44. The first kappa shape index (κ1) is 33.6. The third kappa shape index (κ3) is 5.51. The van der Waals surface area contributed by atoms with Crippen molar-refractivity contribution in [2.75, 3.05) is 4.90 Å². The Bertz CT molecular complexity index is 3160. The lowest BCUT2D eigenvalue weighted by molar-refractivity contribution is 0.660. The standard InChI is InChI=1S/C55H39NS/c1-55(2)50-22-8-5-19-46(50)47-31-27-38(34-51(47)55)36-25-28-41(29-26-36)56(42-30-32-54-49(35-42)48-20-7-10-24-53(48)57-54)52-23-9-6-18-45(52)40-16-11-15-39(33-40)44-21-12-14-37-13-3-4-17-43(37)44/h3-35H,1-2H3. The third-order valence-corrected chi connectivity index (χ3v) is 13.2. The fourth-order valence-electron chi connectivity index (χ4n) is 9.21. The van der Waals surface area contributed by atoms with Gasteiger partial charge >= 0.3 is 0 Å². The highest BCUT2D eigenvalue weighted by Crippen LogP contribution is 2.50. The van der Waals surface area contributed by atoms with Crippen LogP contribution in [0.4, 0.5) is 17.1 Å². The van der Waals surface area contributed by atoms with Crippen molar-refractivity contribution in [3.63, 3.8) is 0 Å². The van der Waals surface area contributed by atoms with Crippen LogP contribution in [0.2, 0.25) is 0 Å². The monoisotopic (exact) mass is 745 g/mol. The largest absolute Gasteiger partial charge is 0.310 e. The van der Waals surface area contributed by atoms with Gasteiger partial charge in [-0.15, -0.1) is 11.3 Å². The first-order valence-corrected chi connectivity index (χ1v) is 20.6. The number of fused-ring (bicyclic) bond motifs is 7. The first-order chi connectivity index (χ1) is 28.0. The van der Waals surface area contributed by atoms with Gasteiger partial charge in [-0.1, -0.05) is 159 Å². The van der Waals surface area contributed by atoms with E-state index in [4.69, 9.17) is 0 Å². The average molecular weight is 746 g/mol. The minimum atomic E-state index is -0.0439. The Balaban J connectivity index is 1.05. The molecule has 0 amide bonds. The molecule has 11 rings (SSSR count). The molecule has 0 atom stereocenters. The molecule has 270 valence electrons. The molecule has 1 aliphatic carbocycles. The summed E-state index contributed by atoms with van der Waals surface area (Å²) in [6.45, 7) is 4.70. The van der Waals surface area contributed by atoms with Gasteiger partial charge in [0, 0.05) is 42.5 Å². The van der Waals surface area contributed by atoms with Crippen LogP contribution in [-0.4, -0.2) is 0 Å². The van der Waals surface area contributed by atoms with Crippen LogP contribution in [0, 0.1) is 0 Å². The van der Waals surface area contributed by atoms with Crippen molar-refractivity contribution < 1.29 is 0 Å². The topological polar surface area (TPSA) is 3.24 Å². The normalized spacial score (nSPS) is 12.9. The highest BCUT2D eigenvalue weighted by atomic mass is 32.1. The minimum Gasteiger partial charge on any atom is -0.310 e. The number of benzene rings is 9. The lowest BCUT2D eigenvalue weighted by Gasteiger charge is -2.28. The lowest BCUT2D eigenvalue weighted by Crippen LogP contribution is -2.14. The summed E-state index contributed by atoms with van der Waals surface area (Å²) in [6.07, 6.45) is 0. The second-order valence-corrected chi connectivity index (χ2v) is 16.8. The van der Waals surface area contributed by atoms with Gasteiger partial charge in [0.1, 0.15) is 0 Å². The SMILES string of the molecule is CC1(C)c2ccccc2-c2ccc(-c3ccc(N(c4ccc5sc6ccccc6c5c4)c4ccccc4-c4cccc(-c5cccc6ccccc56)c4)cc3)cc21. The van der Waals surface area contributed by atoms with Gasteiger partial charge in [0.15, 0.2) is 0 Å². The summed E-state index contributed by atoms with van der Waals surface area (Å²) in [6, 6.07) is 73.9. The zero-order valence-corrected chi connectivity index (χ0v) is 32.7. The molecule has 1 nitrogen and oxygen atoms in total. The summed E-state index contributed by atoms with van der Waals surface area (Å²) in [4.78, 5) is 2.44. The number of nitrogens with zero attached hydrogens (tertiary/aromatic N) is 1. The Labute approximate surface area is 337 Å². The van der Waals surface area contributed by atoms with Gasteiger partial charge in [0.25, 0.3) is 0 Å². The van der Waals surface area contributed by atoms with Crippen LogP contribution >= 0.6 is 11.3 Å². The van der Waals surface area contributed by atoms with E-state index in [1.165, 1.54) is 86.6 Å². The van der Waals surface area contributed by atoms with Crippen molar-refractivity contribution >= 4 is 59.3 Å². The molecule has 1 heterocycles. The van der Waals surface area contributed by atoms with E-state index < -0.39 is 0 Å². The summed E-state index contributed by atoms with van der Waals surface area (Å²) < 4.78 is 2.61. The maximum Gasteiger partial charge on any atom is 0.0540 e. The molecule has 57 heavy (non-hydrogen) atoms. The minimum absolute atomic E-state index is 0.0439. The number of thiophene rings is 1. The van der Waals surface area contributed by atoms with Gasteiger partial charge in [0.05, 0.1) is 5.69 Å². The molecule has 0 N–H and O–H groups in total. The third-order valence-electron chi connectivity index (χ3n) is 12.1. The molecule has 10 aromatic rings. The molecule has 0 radical (unpaired) electrons. The average Bonchev–Trinajstić information content (AvgIpc) is 3.75. The van der Waals surface area contributed by atoms with E-state index in [0.717, 1.165) is 17.1 Å². The molecule has 0 spiro atoms. The van der Waals surface area contributed by atoms with Gasteiger partial charge in [-0.2, -0.15) is 0 Å².